The van der Waals surface area contributed by atoms with Gasteiger partial charge in [0.05, 0.1) is 12.0 Å². The van der Waals surface area contributed by atoms with E-state index in [-0.39, 0.29) is 22.7 Å². The number of ether oxygens (including phenoxy) is 1. The van der Waals surface area contributed by atoms with E-state index in [2.05, 4.69) is 13.0 Å². The Labute approximate surface area is 130 Å². The first kappa shape index (κ1) is 13.2. The van der Waals surface area contributed by atoms with E-state index < -0.39 is 0 Å². The predicted octanol–water partition coefficient (Wildman–Crippen LogP) is 2.85. The number of fused-ring (bicyclic) bond motifs is 5. The molecular weight excluding hydrogens is 276 g/mol. The zero-order chi connectivity index (χ0) is 15.1. The van der Waals surface area contributed by atoms with Gasteiger partial charge in [-0.3, -0.25) is 9.59 Å². The first-order chi connectivity index (χ1) is 10.5. The van der Waals surface area contributed by atoms with Gasteiger partial charge >= 0.3 is 0 Å². The van der Waals surface area contributed by atoms with E-state index in [1.54, 1.807) is 6.08 Å². The molecule has 3 heteroatoms. The Kier molecular flexibility index (Phi) is 2.41. The molecule has 5 aliphatic rings. The number of allylic oxidation sites excluding steroid dienone is 4. The van der Waals surface area contributed by atoms with E-state index in [1.807, 2.05) is 6.08 Å². The van der Waals surface area contributed by atoms with Crippen LogP contribution < -0.4 is 0 Å². The summed E-state index contributed by atoms with van der Waals surface area (Å²) >= 11 is 0. The van der Waals surface area contributed by atoms with E-state index in [0.29, 0.717) is 30.1 Å². The summed E-state index contributed by atoms with van der Waals surface area (Å²) < 4.78 is 5.73. The van der Waals surface area contributed by atoms with Gasteiger partial charge < -0.3 is 4.74 Å². The van der Waals surface area contributed by atoms with Crippen molar-refractivity contribution in [1.82, 2.24) is 0 Å². The SMILES string of the molecule is C[C@]12C=CC(=O)C=C1CC[C@H]1[C@@H]3CC4OC[C@@]3(CC[C@@H]12)C4=O. The van der Waals surface area contributed by atoms with Gasteiger partial charge in [0.15, 0.2) is 11.6 Å². The third-order valence-electron chi connectivity index (χ3n) is 7.56. The third kappa shape index (κ3) is 1.37. The molecule has 4 aliphatic carbocycles. The molecular formula is C19H22O3. The molecule has 3 saturated carbocycles. The van der Waals surface area contributed by atoms with Crippen molar-refractivity contribution in [2.45, 2.75) is 45.1 Å². The molecule has 1 aliphatic heterocycles. The molecule has 0 aromatic rings. The summed E-state index contributed by atoms with van der Waals surface area (Å²) in [4.78, 5) is 24.3. The average Bonchev–Trinajstić information content (AvgIpc) is 2.97. The fraction of sp³-hybridized carbons (Fsp3) is 0.684. The summed E-state index contributed by atoms with van der Waals surface area (Å²) in [5.41, 5.74) is 1.20. The topological polar surface area (TPSA) is 43.4 Å². The van der Waals surface area contributed by atoms with Gasteiger partial charge in [-0.25, -0.2) is 0 Å². The number of carbonyl (C=O) groups is 2. The van der Waals surface area contributed by atoms with Crippen molar-refractivity contribution in [3.05, 3.63) is 23.8 Å². The van der Waals surface area contributed by atoms with Gasteiger partial charge in [0.25, 0.3) is 0 Å². The summed E-state index contributed by atoms with van der Waals surface area (Å²) in [7, 11) is 0. The standard InChI is InChI=1S/C19H22O3/c1-18-6-4-12(20)8-11(18)2-3-13-14(18)5-7-19-10-22-16(17(19)21)9-15(13)19/h4,6,8,13-16H,2-3,5,7,9-10H2,1H3/t13-,14+,15+,16?,18+,19-/m1/s1. The lowest BCUT2D eigenvalue weighted by Gasteiger charge is -2.56. The van der Waals surface area contributed by atoms with Crippen LogP contribution in [-0.4, -0.2) is 24.3 Å². The lowest BCUT2D eigenvalue weighted by Crippen LogP contribution is -2.51. The maximum atomic E-state index is 12.6. The molecule has 5 rings (SSSR count). The third-order valence-corrected chi connectivity index (χ3v) is 7.56. The van der Waals surface area contributed by atoms with Gasteiger partial charge in [-0.1, -0.05) is 18.6 Å². The van der Waals surface area contributed by atoms with Crippen molar-refractivity contribution < 1.29 is 14.3 Å². The van der Waals surface area contributed by atoms with Crippen LogP contribution >= 0.6 is 0 Å². The van der Waals surface area contributed by atoms with Crippen LogP contribution in [-0.2, 0) is 14.3 Å². The van der Waals surface area contributed by atoms with Crippen LogP contribution in [0.5, 0.6) is 0 Å². The Hall–Kier alpha value is -1.22. The van der Waals surface area contributed by atoms with Gasteiger partial charge in [0.2, 0.25) is 0 Å². The van der Waals surface area contributed by atoms with E-state index in [0.717, 1.165) is 32.1 Å². The highest BCUT2D eigenvalue weighted by Crippen LogP contribution is 2.65. The zero-order valence-corrected chi connectivity index (χ0v) is 13.0. The summed E-state index contributed by atoms with van der Waals surface area (Å²) in [6.45, 7) is 2.97. The molecule has 1 saturated heterocycles. The van der Waals surface area contributed by atoms with E-state index in [4.69, 9.17) is 4.74 Å². The van der Waals surface area contributed by atoms with Crippen LogP contribution in [0.4, 0.5) is 0 Å². The van der Waals surface area contributed by atoms with Crippen LogP contribution in [0.2, 0.25) is 0 Å². The molecule has 2 bridgehead atoms. The molecule has 116 valence electrons. The molecule has 0 radical (unpaired) electrons. The lowest BCUT2D eigenvalue weighted by atomic mass is 9.48. The normalized spacial score (nSPS) is 52.1. The van der Waals surface area contributed by atoms with Gasteiger partial charge in [-0.15, -0.1) is 0 Å². The largest absolute Gasteiger partial charge is 0.369 e. The molecule has 22 heavy (non-hydrogen) atoms. The molecule has 6 atom stereocenters. The second-order valence-electron chi connectivity index (χ2n) is 8.20. The summed E-state index contributed by atoms with van der Waals surface area (Å²) in [5.74, 6) is 2.26. The Bertz CT molecular complexity index is 645. The molecule has 1 heterocycles. The molecule has 3 nitrogen and oxygen atoms in total. The Morgan fingerprint density at radius 3 is 2.91 bits per heavy atom. The maximum absolute atomic E-state index is 12.6. The number of Topliss-reactive ketones (excluding diaryl/α,β-unsaturated/α-hetero) is 1. The lowest BCUT2D eigenvalue weighted by molar-refractivity contribution is -0.130. The van der Waals surface area contributed by atoms with Crippen LogP contribution in [0.1, 0.15) is 39.0 Å². The maximum Gasteiger partial charge on any atom is 0.178 e. The van der Waals surface area contributed by atoms with Crippen LogP contribution in [0, 0.1) is 28.6 Å². The highest BCUT2D eigenvalue weighted by atomic mass is 16.5. The summed E-state index contributed by atoms with van der Waals surface area (Å²) in [6.07, 6.45) is 10.8. The Morgan fingerprint density at radius 2 is 2.09 bits per heavy atom. The van der Waals surface area contributed by atoms with Gasteiger partial charge in [-0.2, -0.15) is 0 Å². The fourth-order valence-electron chi connectivity index (χ4n) is 6.42. The molecule has 0 aromatic heterocycles. The molecule has 0 aromatic carbocycles. The second-order valence-corrected chi connectivity index (χ2v) is 8.20. The molecule has 1 spiro atoms. The van der Waals surface area contributed by atoms with Crippen molar-refractivity contribution in [2.24, 2.45) is 28.6 Å². The summed E-state index contributed by atoms with van der Waals surface area (Å²) in [5, 5.41) is 0. The minimum absolute atomic E-state index is 0.0319. The predicted molar refractivity (Wildman–Crippen MR) is 81.1 cm³/mol. The van der Waals surface area contributed by atoms with Crippen LogP contribution in [0.3, 0.4) is 0 Å². The Balaban J connectivity index is 1.54. The minimum atomic E-state index is -0.155. The van der Waals surface area contributed by atoms with Crippen molar-refractivity contribution in [1.29, 1.82) is 0 Å². The second kappa shape index (κ2) is 4.00. The van der Waals surface area contributed by atoms with Gasteiger partial charge in [0.1, 0.15) is 6.10 Å². The van der Waals surface area contributed by atoms with Crippen LogP contribution in [0.15, 0.2) is 23.8 Å². The molecule has 1 unspecified atom stereocenters. The number of carbonyl (C=O) groups excluding carboxylic acids is 2. The van der Waals surface area contributed by atoms with Gasteiger partial charge in [0, 0.05) is 5.41 Å². The highest BCUT2D eigenvalue weighted by molar-refractivity contribution is 6.01. The van der Waals surface area contributed by atoms with Crippen LogP contribution in [0.25, 0.3) is 0 Å². The van der Waals surface area contributed by atoms with Crippen molar-refractivity contribution in [2.75, 3.05) is 6.61 Å². The van der Waals surface area contributed by atoms with E-state index in [1.165, 1.54) is 5.57 Å². The first-order valence-corrected chi connectivity index (χ1v) is 8.65. The fourth-order valence-corrected chi connectivity index (χ4v) is 6.42. The summed E-state index contributed by atoms with van der Waals surface area (Å²) in [6, 6.07) is 0. The zero-order valence-electron chi connectivity index (χ0n) is 13.0. The number of hydrogen-bond donors (Lipinski definition) is 0. The van der Waals surface area contributed by atoms with Crippen molar-refractivity contribution in [3.8, 4) is 0 Å². The Morgan fingerprint density at radius 1 is 1.23 bits per heavy atom. The smallest absolute Gasteiger partial charge is 0.178 e. The van der Waals surface area contributed by atoms with E-state index in [9.17, 15) is 9.59 Å². The highest BCUT2D eigenvalue weighted by Gasteiger charge is 2.66. The molecule has 0 N–H and O–H groups in total. The first-order valence-electron chi connectivity index (χ1n) is 8.65. The number of hydrogen-bond acceptors (Lipinski definition) is 3. The molecule has 0 amide bonds. The monoisotopic (exact) mass is 298 g/mol. The number of ketones is 2. The van der Waals surface area contributed by atoms with E-state index >= 15 is 0 Å². The number of rotatable bonds is 0. The molecule has 4 fully saturated rings. The van der Waals surface area contributed by atoms with Gasteiger partial charge in [-0.05, 0) is 62.0 Å². The minimum Gasteiger partial charge on any atom is -0.369 e. The average molecular weight is 298 g/mol. The van der Waals surface area contributed by atoms with Crippen molar-refractivity contribution in [3.63, 3.8) is 0 Å². The quantitative estimate of drug-likeness (QED) is 0.690. The van der Waals surface area contributed by atoms with Crippen molar-refractivity contribution >= 4 is 11.6 Å².